The molecule has 0 spiro atoms. The third-order valence-electron chi connectivity index (χ3n) is 2.99. The van der Waals surface area contributed by atoms with Crippen molar-refractivity contribution in [2.75, 3.05) is 0 Å². The molecule has 2 aromatic rings. The van der Waals surface area contributed by atoms with Crippen LogP contribution in [-0.2, 0) is 20.9 Å². The predicted octanol–water partition coefficient (Wildman–Crippen LogP) is -0.931. The number of amides is 3. The molecule has 126 valence electrons. The molecule has 0 saturated carbocycles. The molecule has 0 saturated heterocycles. The number of hydrogen-bond donors (Lipinski definition) is 3. The van der Waals surface area contributed by atoms with Crippen molar-refractivity contribution in [1.82, 2.24) is 25.7 Å². The van der Waals surface area contributed by atoms with Crippen LogP contribution in [0.3, 0.4) is 0 Å². The number of rotatable bonds is 3. The summed E-state index contributed by atoms with van der Waals surface area (Å²) in [4.78, 5) is 51.0. The van der Waals surface area contributed by atoms with Crippen molar-refractivity contribution < 1.29 is 14.4 Å². The number of fused-ring (bicyclic) bond motifs is 1. The molecule has 0 unspecified atom stereocenters. The molecule has 24 heavy (non-hydrogen) atoms. The van der Waals surface area contributed by atoms with E-state index in [9.17, 15) is 19.2 Å². The fourth-order valence-electron chi connectivity index (χ4n) is 1.92. The Balaban J connectivity index is 1.98. The number of aromatic nitrogens is 2. The third-order valence-corrected chi connectivity index (χ3v) is 2.99. The third kappa shape index (κ3) is 4.15. The molecule has 1 heterocycles. The van der Waals surface area contributed by atoms with Gasteiger partial charge in [0.25, 0.3) is 11.5 Å². The molecule has 0 aliphatic carbocycles. The smallest absolute Gasteiger partial charge is 0.327 e. The first-order valence-corrected chi connectivity index (χ1v) is 7.22. The highest BCUT2D eigenvalue weighted by molar-refractivity contribution is 6.35. The van der Waals surface area contributed by atoms with Gasteiger partial charge in [0.05, 0.1) is 17.2 Å². The molecular formula is C15H17N5O4. The standard InChI is InChI=1S/C15H17N5O4/c1-9(2)17-13(22)14(23)19-18-12(21)7-20-8-16-11-6-4-3-5-10(11)15(20)24/h3-6,8-9H,7H2,1-2H3,(H,17,22)(H,18,21)(H,19,23). The number of para-hydroxylation sites is 1. The average Bonchev–Trinajstić information content (AvgIpc) is 2.55. The number of nitrogens with one attached hydrogen (secondary N) is 3. The van der Waals surface area contributed by atoms with Crippen LogP contribution in [0.2, 0.25) is 0 Å². The number of hydrazine groups is 1. The molecule has 1 aromatic heterocycles. The maximum atomic E-state index is 12.2. The summed E-state index contributed by atoms with van der Waals surface area (Å²) in [6.07, 6.45) is 1.25. The van der Waals surface area contributed by atoms with Crippen molar-refractivity contribution in [1.29, 1.82) is 0 Å². The molecule has 3 amide bonds. The van der Waals surface area contributed by atoms with E-state index >= 15 is 0 Å². The molecule has 0 fully saturated rings. The normalized spacial score (nSPS) is 10.5. The highest BCUT2D eigenvalue weighted by atomic mass is 16.2. The Bertz CT molecular complexity index is 843. The molecule has 1 aromatic carbocycles. The van der Waals surface area contributed by atoms with Gasteiger partial charge >= 0.3 is 11.8 Å². The Hall–Kier alpha value is -3.23. The molecule has 0 bridgehead atoms. The lowest BCUT2D eigenvalue weighted by atomic mass is 10.2. The quantitative estimate of drug-likeness (QED) is 0.495. The van der Waals surface area contributed by atoms with E-state index in [4.69, 9.17) is 0 Å². The van der Waals surface area contributed by atoms with Crippen molar-refractivity contribution in [3.63, 3.8) is 0 Å². The van der Waals surface area contributed by atoms with Gasteiger partial charge in [-0.15, -0.1) is 0 Å². The lowest BCUT2D eigenvalue weighted by Gasteiger charge is -2.10. The maximum absolute atomic E-state index is 12.2. The SMILES string of the molecule is CC(C)NC(=O)C(=O)NNC(=O)Cn1cnc2ccccc2c1=O. The van der Waals surface area contributed by atoms with Crippen LogP contribution in [0.4, 0.5) is 0 Å². The van der Waals surface area contributed by atoms with Crippen molar-refractivity contribution in [2.24, 2.45) is 0 Å². The summed E-state index contributed by atoms with van der Waals surface area (Å²) < 4.78 is 1.11. The van der Waals surface area contributed by atoms with Gasteiger partial charge in [-0.25, -0.2) is 4.98 Å². The molecule has 9 nitrogen and oxygen atoms in total. The fraction of sp³-hybridized carbons (Fsp3) is 0.267. The minimum Gasteiger partial charge on any atom is -0.346 e. The Labute approximate surface area is 137 Å². The molecule has 0 radical (unpaired) electrons. The van der Waals surface area contributed by atoms with E-state index in [1.165, 1.54) is 6.33 Å². The Kier molecular flexibility index (Phi) is 5.25. The average molecular weight is 331 g/mol. The van der Waals surface area contributed by atoms with Crippen LogP contribution in [0.1, 0.15) is 13.8 Å². The molecule has 0 atom stereocenters. The van der Waals surface area contributed by atoms with Crippen molar-refractivity contribution in [2.45, 2.75) is 26.4 Å². The summed E-state index contributed by atoms with van der Waals surface area (Å²) in [5, 5.41) is 2.76. The molecule has 3 N–H and O–H groups in total. The minimum atomic E-state index is -0.999. The van der Waals surface area contributed by atoms with E-state index < -0.39 is 17.7 Å². The van der Waals surface area contributed by atoms with Gasteiger partial charge in [0.2, 0.25) is 0 Å². The largest absolute Gasteiger partial charge is 0.346 e. The van der Waals surface area contributed by atoms with Gasteiger partial charge < -0.3 is 5.32 Å². The highest BCUT2D eigenvalue weighted by Crippen LogP contribution is 2.04. The summed E-state index contributed by atoms with van der Waals surface area (Å²) >= 11 is 0. The van der Waals surface area contributed by atoms with Crippen LogP contribution in [0.15, 0.2) is 35.4 Å². The van der Waals surface area contributed by atoms with E-state index in [1.54, 1.807) is 38.1 Å². The zero-order valence-electron chi connectivity index (χ0n) is 13.2. The van der Waals surface area contributed by atoms with E-state index in [1.807, 2.05) is 5.43 Å². The lowest BCUT2D eigenvalue weighted by Crippen LogP contribution is -2.50. The second kappa shape index (κ2) is 7.36. The summed E-state index contributed by atoms with van der Waals surface area (Å²) in [7, 11) is 0. The van der Waals surface area contributed by atoms with Crippen molar-refractivity contribution >= 4 is 28.6 Å². The molecule has 0 aliphatic heterocycles. The molecule has 2 rings (SSSR count). The fourth-order valence-corrected chi connectivity index (χ4v) is 1.92. The summed E-state index contributed by atoms with van der Waals surface area (Å²) in [5.41, 5.74) is 4.20. The number of carbonyl (C=O) groups is 3. The predicted molar refractivity (Wildman–Crippen MR) is 85.6 cm³/mol. The van der Waals surface area contributed by atoms with Gasteiger partial charge in [0.15, 0.2) is 0 Å². The van der Waals surface area contributed by atoms with E-state index in [2.05, 4.69) is 15.7 Å². The second-order valence-corrected chi connectivity index (χ2v) is 5.33. The molecular weight excluding hydrogens is 314 g/mol. The van der Waals surface area contributed by atoms with E-state index in [0.717, 1.165) is 4.57 Å². The highest BCUT2D eigenvalue weighted by Gasteiger charge is 2.15. The zero-order chi connectivity index (χ0) is 17.7. The second-order valence-electron chi connectivity index (χ2n) is 5.33. The topological polar surface area (TPSA) is 122 Å². The van der Waals surface area contributed by atoms with Gasteiger partial charge in [0.1, 0.15) is 6.54 Å². The Morgan fingerprint density at radius 1 is 1.12 bits per heavy atom. The molecule has 9 heteroatoms. The van der Waals surface area contributed by atoms with Gasteiger partial charge in [0, 0.05) is 6.04 Å². The van der Waals surface area contributed by atoms with Gasteiger partial charge in [-0.05, 0) is 26.0 Å². The lowest BCUT2D eigenvalue weighted by molar-refractivity contribution is -0.141. The number of benzene rings is 1. The zero-order valence-corrected chi connectivity index (χ0v) is 13.2. The first kappa shape index (κ1) is 17.1. The first-order chi connectivity index (χ1) is 11.4. The van der Waals surface area contributed by atoms with E-state index in [-0.39, 0.29) is 18.1 Å². The van der Waals surface area contributed by atoms with Crippen molar-refractivity contribution in [3.05, 3.63) is 40.9 Å². The Morgan fingerprint density at radius 2 is 1.83 bits per heavy atom. The van der Waals surface area contributed by atoms with Crippen LogP contribution in [-0.4, -0.2) is 33.3 Å². The number of nitrogens with zero attached hydrogens (tertiary/aromatic N) is 2. The summed E-state index contributed by atoms with van der Waals surface area (Å²) in [5.74, 6) is -2.53. The van der Waals surface area contributed by atoms with Crippen LogP contribution in [0.5, 0.6) is 0 Å². The van der Waals surface area contributed by atoms with Crippen molar-refractivity contribution in [3.8, 4) is 0 Å². The van der Waals surface area contributed by atoms with Crippen LogP contribution in [0.25, 0.3) is 10.9 Å². The van der Waals surface area contributed by atoms with E-state index in [0.29, 0.717) is 10.9 Å². The minimum absolute atomic E-state index is 0.207. The van der Waals surface area contributed by atoms with Gasteiger partial charge in [-0.3, -0.25) is 34.6 Å². The van der Waals surface area contributed by atoms with Crippen LogP contribution >= 0.6 is 0 Å². The van der Waals surface area contributed by atoms with Crippen LogP contribution < -0.4 is 21.7 Å². The van der Waals surface area contributed by atoms with Crippen LogP contribution in [0, 0.1) is 0 Å². The summed E-state index contributed by atoms with van der Waals surface area (Å²) in [6.45, 7) is 3.05. The first-order valence-electron chi connectivity index (χ1n) is 7.22. The maximum Gasteiger partial charge on any atom is 0.327 e. The Morgan fingerprint density at radius 3 is 2.54 bits per heavy atom. The number of hydrogen-bond acceptors (Lipinski definition) is 5. The van der Waals surface area contributed by atoms with Gasteiger partial charge in [-0.2, -0.15) is 0 Å². The van der Waals surface area contributed by atoms with Gasteiger partial charge in [-0.1, -0.05) is 12.1 Å². The monoisotopic (exact) mass is 331 g/mol. The molecule has 0 aliphatic rings. The number of carbonyl (C=O) groups excluding carboxylic acids is 3. The summed E-state index contributed by atoms with van der Waals surface area (Å²) in [6, 6.07) is 6.54.